The highest BCUT2D eigenvalue weighted by Crippen LogP contribution is 2.28. The Morgan fingerprint density at radius 2 is 1.68 bits per heavy atom. The van der Waals surface area contributed by atoms with Gasteiger partial charge < -0.3 is 14.8 Å². The number of hydrogen-bond donors (Lipinski definition) is 1. The van der Waals surface area contributed by atoms with Crippen molar-refractivity contribution in [3.63, 3.8) is 0 Å². The van der Waals surface area contributed by atoms with Crippen LogP contribution in [0.1, 0.15) is 58.5 Å². The molecule has 0 atom stereocenters. The number of carbonyl (C=O) groups is 2. The largest absolute Gasteiger partial charge is 0.496 e. The van der Waals surface area contributed by atoms with E-state index in [0.717, 1.165) is 16.9 Å². The standard InChI is InChI=1S/C26H27NO4/c1-17(2)23-10-5-6-11-25(23)31-16-21-14-20(12-13-24(21)30-4)26(29)27-22-9-7-8-19(15-22)18(3)28/h5-15,17H,16H2,1-4H3,(H,27,29). The summed E-state index contributed by atoms with van der Waals surface area (Å²) in [5, 5.41) is 2.84. The molecule has 0 aliphatic carbocycles. The highest BCUT2D eigenvalue weighted by Gasteiger charge is 2.13. The second kappa shape index (κ2) is 9.94. The zero-order chi connectivity index (χ0) is 22.4. The predicted molar refractivity (Wildman–Crippen MR) is 122 cm³/mol. The van der Waals surface area contributed by atoms with Crippen molar-refractivity contribution < 1.29 is 19.1 Å². The van der Waals surface area contributed by atoms with E-state index in [0.29, 0.717) is 28.5 Å². The smallest absolute Gasteiger partial charge is 0.255 e. The van der Waals surface area contributed by atoms with Gasteiger partial charge in [0.1, 0.15) is 18.1 Å². The van der Waals surface area contributed by atoms with Crippen LogP contribution in [0.3, 0.4) is 0 Å². The van der Waals surface area contributed by atoms with Crippen LogP contribution in [-0.2, 0) is 6.61 Å². The fraction of sp³-hybridized carbons (Fsp3) is 0.231. The highest BCUT2D eigenvalue weighted by molar-refractivity contribution is 6.05. The zero-order valence-corrected chi connectivity index (χ0v) is 18.3. The van der Waals surface area contributed by atoms with Crippen LogP contribution in [0.5, 0.6) is 11.5 Å². The SMILES string of the molecule is COc1ccc(C(=O)Nc2cccc(C(C)=O)c2)cc1COc1ccccc1C(C)C. The first-order valence-electron chi connectivity index (χ1n) is 10.2. The quantitative estimate of drug-likeness (QED) is 0.467. The number of anilines is 1. The molecule has 5 nitrogen and oxygen atoms in total. The summed E-state index contributed by atoms with van der Waals surface area (Å²) in [6.07, 6.45) is 0. The molecule has 0 saturated carbocycles. The summed E-state index contributed by atoms with van der Waals surface area (Å²) in [5.74, 6) is 1.47. The monoisotopic (exact) mass is 417 g/mol. The second-order valence-electron chi connectivity index (χ2n) is 7.60. The first-order chi connectivity index (χ1) is 14.9. The van der Waals surface area contributed by atoms with E-state index in [9.17, 15) is 9.59 Å². The van der Waals surface area contributed by atoms with Crippen LogP contribution in [0.25, 0.3) is 0 Å². The molecule has 3 rings (SSSR count). The van der Waals surface area contributed by atoms with Gasteiger partial charge in [-0.3, -0.25) is 9.59 Å². The van der Waals surface area contributed by atoms with Gasteiger partial charge in [0.2, 0.25) is 0 Å². The molecule has 0 unspecified atom stereocenters. The van der Waals surface area contributed by atoms with Crippen molar-refractivity contribution in [1.29, 1.82) is 0 Å². The predicted octanol–water partition coefficient (Wildman–Crippen LogP) is 5.85. The van der Waals surface area contributed by atoms with Gasteiger partial charge >= 0.3 is 0 Å². The number of Topliss-reactive ketones (excluding diaryl/α,β-unsaturated/α-hetero) is 1. The lowest BCUT2D eigenvalue weighted by atomic mass is 10.0. The minimum atomic E-state index is -0.271. The van der Waals surface area contributed by atoms with Crippen molar-refractivity contribution >= 4 is 17.4 Å². The van der Waals surface area contributed by atoms with Crippen LogP contribution >= 0.6 is 0 Å². The van der Waals surface area contributed by atoms with Gasteiger partial charge in [-0.2, -0.15) is 0 Å². The second-order valence-corrected chi connectivity index (χ2v) is 7.60. The van der Waals surface area contributed by atoms with E-state index in [-0.39, 0.29) is 18.3 Å². The Kier molecular flexibility index (Phi) is 7.08. The lowest BCUT2D eigenvalue weighted by Gasteiger charge is -2.16. The van der Waals surface area contributed by atoms with Crippen LogP contribution in [0.4, 0.5) is 5.69 Å². The van der Waals surface area contributed by atoms with E-state index < -0.39 is 0 Å². The average Bonchev–Trinajstić information content (AvgIpc) is 2.77. The van der Waals surface area contributed by atoms with Gasteiger partial charge in [-0.1, -0.05) is 44.2 Å². The van der Waals surface area contributed by atoms with Crippen LogP contribution in [0, 0.1) is 0 Å². The summed E-state index contributed by atoms with van der Waals surface area (Å²) in [6.45, 7) is 6.01. The molecule has 3 aromatic rings. The Bertz CT molecular complexity index is 1090. The molecule has 0 radical (unpaired) electrons. The Balaban J connectivity index is 1.79. The summed E-state index contributed by atoms with van der Waals surface area (Å²) in [6, 6.07) is 20.0. The topological polar surface area (TPSA) is 64.6 Å². The van der Waals surface area contributed by atoms with Crippen LogP contribution in [0.15, 0.2) is 66.7 Å². The summed E-state index contributed by atoms with van der Waals surface area (Å²) < 4.78 is 11.5. The van der Waals surface area contributed by atoms with Gasteiger partial charge in [0.15, 0.2) is 5.78 Å². The number of para-hydroxylation sites is 1. The van der Waals surface area contributed by atoms with Crippen LogP contribution in [-0.4, -0.2) is 18.8 Å². The molecule has 0 spiro atoms. The van der Waals surface area contributed by atoms with Crippen molar-refractivity contribution in [3.8, 4) is 11.5 Å². The molecule has 0 aliphatic rings. The molecular weight excluding hydrogens is 390 g/mol. The van der Waals surface area contributed by atoms with Crippen molar-refractivity contribution in [2.45, 2.75) is 33.3 Å². The van der Waals surface area contributed by atoms with E-state index in [2.05, 4.69) is 25.2 Å². The zero-order valence-electron chi connectivity index (χ0n) is 18.3. The minimum absolute atomic E-state index is 0.0540. The third kappa shape index (κ3) is 5.51. The lowest BCUT2D eigenvalue weighted by Crippen LogP contribution is -2.13. The van der Waals surface area contributed by atoms with Gasteiger partial charge in [-0.25, -0.2) is 0 Å². The number of rotatable bonds is 8. The fourth-order valence-electron chi connectivity index (χ4n) is 3.30. The molecule has 0 saturated heterocycles. The van der Waals surface area contributed by atoms with Gasteiger partial charge in [0.25, 0.3) is 5.91 Å². The molecule has 160 valence electrons. The first-order valence-corrected chi connectivity index (χ1v) is 10.2. The Morgan fingerprint density at radius 1 is 0.903 bits per heavy atom. The number of benzene rings is 3. The van der Waals surface area contributed by atoms with Crippen molar-refractivity contribution in [1.82, 2.24) is 0 Å². The Hall–Kier alpha value is -3.60. The number of ether oxygens (including phenoxy) is 2. The van der Waals surface area contributed by atoms with Gasteiger partial charge in [-0.15, -0.1) is 0 Å². The van der Waals surface area contributed by atoms with E-state index in [4.69, 9.17) is 9.47 Å². The maximum atomic E-state index is 12.8. The highest BCUT2D eigenvalue weighted by atomic mass is 16.5. The Labute approximate surface area is 183 Å². The molecule has 1 amide bonds. The van der Waals surface area contributed by atoms with Crippen molar-refractivity contribution in [2.75, 3.05) is 12.4 Å². The van der Waals surface area contributed by atoms with E-state index >= 15 is 0 Å². The molecule has 0 aromatic heterocycles. The minimum Gasteiger partial charge on any atom is -0.496 e. The number of nitrogens with one attached hydrogen (secondary N) is 1. The summed E-state index contributed by atoms with van der Waals surface area (Å²) in [4.78, 5) is 24.4. The normalized spacial score (nSPS) is 10.6. The van der Waals surface area contributed by atoms with Gasteiger partial charge in [-0.05, 0) is 54.8 Å². The molecule has 31 heavy (non-hydrogen) atoms. The maximum Gasteiger partial charge on any atom is 0.255 e. The number of hydrogen-bond acceptors (Lipinski definition) is 4. The Morgan fingerprint density at radius 3 is 2.39 bits per heavy atom. The first kappa shape index (κ1) is 22.1. The molecular formula is C26H27NO4. The number of ketones is 1. The fourth-order valence-corrected chi connectivity index (χ4v) is 3.30. The summed E-state index contributed by atoms with van der Waals surface area (Å²) >= 11 is 0. The lowest BCUT2D eigenvalue weighted by molar-refractivity contribution is 0.101. The third-order valence-electron chi connectivity index (χ3n) is 4.99. The van der Waals surface area contributed by atoms with E-state index in [1.165, 1.54) is 6.92 Å². The van der Waals surface area contributed by atoms with Crippen LogP contribution in [0.2, 0.25) is 0 Å². The van der Waals surface area contributed by atoms with Gasteiger partial charge in [0.05, 0.1) is 7.11 Å². The molecule has 0 aliphatic heterocycles. The number of carbonyl (C=O) groups excluding carboxylic acids is 2. The third-order valence-corrected chi connectivity index (χ3v) is 4.99. The van der Waals surface area contributed by atoms with E-state index in [1.807, 2.05) is 18.2 Å². The molecule has 5 heteroatoms. The molecule has 1 N–H and O–H groups in total. The van der Waals surface area contributed by atoms with Gasteiger partial charge in [0, 0.05) is 22.4 Å². The summed E-state index contributed by atoms with van der Waals surface area (Å²) in [7, 11) is 1.59. The molecule has 0 bridgehead atoms. The number of amides is 1. The van der Waals surface area contributed by atoms with Crippen molar-refractivity contribution in [2.24, 2.45) is 0 Å². The van der Waals surface area contributed by atoms with E-state index in [1.54, 1.807) is 49.6 Å². The molecule has 0 fully saturated rings. The maximum absolute atomic E-state index is 12.8. The molecule has 3 aromatic carbocycles. The average molecular weight is 418 g/mol. The summed E-state index contributed by atoms with van der Waals surface area (Å²) in [5.41, 5.74) is 3.49. The number of methoxy groups -OCH3 is 1. The van der Waals surface area contributed by atoms with Crippen LogP contribution < -0.4 is 14.8 Å². The molecule has 0 heterocycles. The van der Waals surface area contributed by atoms with Crippen molar-refractivity contribution in [3.05, 3.63) is 89.0 Å².